The molecule has 23 heavy (non-hydrogen) atoms. The minimum absolute atomic E-state index is 0.0200. The van der Waals surface area contributed by atoms with E-state index in [1.807, 2.05) is 48.5 Å². The van der Waals surface area contributed by atoms with E-state index in [1.54, 1.807) is 0 Å². The van der Waals surface area contributed by atoms with Crippen molar-refractivity contribution in [3.05, 3.63) is 65.7 Å². The van der Waals surface area contributed by atoms with Gasteiger partial charge >= 0.3 is 0 Å². The fraction of sp³-hybridized carbons (Fsp3) is 0.316. The molecule has 2 aromatic carbocycles. The lowest BCUT2D eigenvalue weighted by molar-refractivity contribution is -0.130. The first-order valence-corrected chi connectivity index (χ1v) is 7.96. The number of carbonyl (C=O) groups excluding carboxylic acids is 1. The van der Waals surface area contributed by atoms with E-state index in [9.17, 15) is 4.79 Å². The summed E-state index contributed by atoms with van der Waals surface area (Å²) in [4.78, 5) is 12.0. The average molecular weight is 311 g/mol. The Labute approximate surface area is 136 Å². The van der Waals surface area contributed by atoms with Crippen LogP contribution in [0.4, 0.5) is 0 Å². The fourth-order valence-electron chi connectivity index (χ4n) is 2.60. The van der Waals surface area contributed by atoms with Gasteiger partial charge in [-0.15, -0.1) is 0 Å². The van der Waals surface area contributed by atoms with Gasteiger partial charge in [0.1, 0.15) is 18.5 Å². The number of hydrogen-bond donors (Lipinski definition) is 1. The van der Waals surface area contributed by atoms with Crippen molar-refractivity contribution in [1.82, 2.24) is 5.32 Å². The predicted octanol–water partition coefficient (Wildman–Crippen LogP) is 3.06. The number of rotatable bonds is 6. The van der Waals surface area contributed by atoms with Crippen LogP contribution < -0.4 is 10.1 Å². The molecule has 1 atom stereocenters. The van der Waals surface area contributed by atoms with Crippen molar-refractivity contribution in [3.8, 4) is 5.75 Å². The molecule has 1 fully saturated rings. The smallest absolute Gasteiger partial charge is 0.249 e. The minimum atomic E-state index is -0.278. The van der Waals surface area contributed by atoms with Gasteiger partial charge < -0.3 is 14.8 Å². The second-order valence-electron chi connectivity index (χ2n) is 5.64. The van der Waals surface area contributed by atoms with Gasteiger partial charge in [0.15, 0.2) is 0 Å². The van der Waals surface area contributed by atoms with Crippen LogP contribution in [0.2, 0.25) is 0 Å². The molecule has 0 saturated carbocycles. The molecule has 1 N–H and O–H groups in total. The topological polar surface area (TPSA) is 47.6 Å². The predicted molar refractivity (Wildman–Crippen MR) is 88.0 cm³/mol. The van der Waals surface area contributed by atoms with Gasteiger partial charge in [0.25, 0.3) is 0 Å². The first kappa shape index (κ1) is 15.6. The molecule has 1 heterocycles. The summed E-state index contributed by atoms with van der Waals surface area (Å²) in [5, 5.41) is 2.94. The summed E-state index contributed by atoms with van der Waals surface area (Å²) in [6, 6.07) is 17.8. The Morgan fingerprint density at radius 3 is 2.74 bits per heavy atom. The van der Waals surface area contributed by atoms with E-state index in [0.717, 1.165) is 29.7 Å². The number of para-hydroxylation sites is 1. The molecule has 1 amide bonds. The van der Waals surface area contributed by atoms with Crippen LogP contribution in [-0.2, 0) is 22.7 Å². The molecule has 1 aliphatic heterocycles. The van der Waals surface area contributed by atoms with Crippen molar-refractivity contribution in [2.24, 2.45) is 0 Å². The Morgan fingerprint density at radius 2 is 1.96 bits per heavy atom. The van der Waals surface area contributed by atoms with E-state index < -0.39 is 0 Å². The number of benzene rings is 2. The van der Waals surface area contributed by atoms with Crippen molar-refractivity contribution < 1.29 is 14.3 Å². The van der Waals surface area contributed by atoms with E-state index in [0.29, 0.717) is 19.8 Å². The maximum atomic E-state index is 12.0. The molecule has 0 aromatic heterocycles. The van der Waals surface area contributed by atoms with Gasteiger partial charge in [-0.05, 0) is 36.1 Å². The molecule has 3 rings (SSSR count). The van der Waals surface area contributed by atoms with Crippen LogP contribution in [0.3, 0.4) is 0 Å². The lowest BCUT2D eigenvalue weighted by Gasteiger charge is -2.11. The first-order valence-electron chi connectivity index (χ1n) is 7.96. The minimum Gasteiger partial charge on any atom is -0.489 e. The summed E-state index contributed by atoms with van der Waals surface area (Å²) in [6.07, 6.45) is 1.50. The number of amides is 1. The third kappa shape index (κ3) is 4.57. The first-order chi connectivity index (χ1) is 11.3. The van der Waals surface area contributed by atoms with Crippen LogP contribution in [0, 0.1) is 0 Å². The highest BCUT2D eigenvalue weighted by molar-refractivity contribution is 5.80. The highest BCUT2D eigenvalue weighted by Gasteiger charge is 2.22. The third-order valence-corrected chi connectivity index (χ3v) is 3.83. The van der Waals surface area contributed by atoms with E-state index in [4.69, 9.17) is 9.47 Å². The zero-order valence-corrected chi connectivity index (χ0v) is 13.0. The van der Waals surface area contributed by atoms with Gasteiger partial charge in [-0.25, -0.2) is 0 Å². The molecule has 0 aliphatic carbocycles. The Morgan fingerprint density at radius 1 is 1.13 bits per heavy atom. The molecule has 1 aliphatic rings. The Kier molecular flexibility index (Phi) is 5.27. The molecule has 1 unspecified atom stereocenters. The average Bonchev–Trinajstić information content (AvgIpc) is 3.14. The molecule has 4 nitrogen and oxygen atoms in total. The summed E-state index contributed by atoms with van der Waals surface area (Å²) >= 11 is 0. The van der Waals surface area contributed by atoms with Crippen LogP contribution in [0.15, 0.2) is 54.6 Å². The van der Waals surface area contributed by atoms with Crippen LogP contribution in [0.25, 0.3) is 0 Å². The lowest BCUT2D eigenvalue weighted by atomic mass is 10.1. The second kappa shape index (κ2) is 7.79. The normalized spacial score (nSPS) is 17.0. The molecule has 0 spiro atoms. The third-order valence-electron chi connectivity index (χ3n) is 3.83. The maximum Gasteiger partial charge on any atom is 0.249 e. The highest BCUT2D eigenvalue weighted by Crippen LogP contribution is 2.14. The largest absolute Gasteiger partial charge is 0.489 e. The summed E-state index contributed by atoms with van der Waals surface area (Å²) in [6.45, 7) is 1.71. The van der Waals surface area contributed by atoms with Crippen molar-refractivity contribution in [2.75, 3.05) is 6.61 Å². The lowest BCUT2D eigenvalue weighted by Crippen LogP contribution is -2.33. The van der Waals surface area contributed by atoms with Gasteiger partial charge in [-0.3, -0.25) is 4.79 Å². The van der Waals surface area contributed by atoms with Gasteiger partial charge in [0.05, 0.1) is 0 Å². The molecule has 1 saturated heterocycles. The molecule has 4 heteroatoms. The van der Waals surface area contributed by atoms with Crippen molar-refractivity contribution in [3.63, 3.8) is 0 Å². The summed E-state index contributed by atoms with van der Waals surface area (Å²) in [5.74, 6) is 0.832. The second-order valence-corrected chi connectivity index (χ2v) is 5.64. The van der Waals surface area contributed by atoms with Crippen LogP contribution in [0.5, 0.6) is 5.75 Å². The number of hydrogen-bond acceptors (Lipinski definition) is 3. The van der Waals surface area contributed by atoms with E-state index in [-0.39, 0.29) is 12.0 Å². The molecular formula is C19H21NO3. The van der Waals surface area contributed by atoms with Crippen molar-refractivity contribution in [2.45, 2.75) is 32.1 Å². The standard InChI is InChI=1S/C19H21NO3/c21-19(18-10-5-11-22-18)20-13-15-6-4-7-16(12-15)14-23-17-8-2-1-3-9-17/h1-4,6-9,12,18H,5,10-11,13-14H2,(H,20,21). The van der Waals surface area contributed by atoms with E-state index >= 15 is 0 Å². The quantitative estimate of drug-likeness (QED) is 0.892. The SMILES string of the molecule is O=C(NCc1cccc(COc2ccccc2)c1)C1CCCO1. The van der Waals surface area contributed by atoms with Gasteiger partial charge in [-0.1, -0.05) is 42.5 Å². The zero-order chi connectivity index (χ0) is 15.9. The maximum absolute atomic E-state index is 12.0. The van der Waals surface area contributed by atoms with Crippen molar-refractivity contribution in [1.29, 1.82) is 0 Å². The summed E-state index contributed by atoms with van der Waals surface area (Å²) < 4.78 is 11.1. The summed E-state index contributed by atoms with van der Waals surface area (Å²) in [5.41, 5.74) is 2.14. The summed E-state index contributed by atoms with van der Waals surface area (Å²) in [7, 11) is 0. The van der Waals surface area contributed by atoms with E-state index in [1.165, 1.54) is 0 Å². The molecule has 2 aromatic rings. The van der Waals surface area contributed by atoms with Gasteiger partial charge in [0.2, 0.25) is 5.91 Å². The fourth-order valence-corrected chi connectivity index (χ4v) is 2.60. The van der Waals surface area contributed by atoms with Crippen LogP contribution >= 0.6 is 0 Å². The van der Waals surface area contributed by atoms with E-state index in [2.05, 4.69) is 11.4 Å². The Balaban J connectivity index is 1.51. The number of carbonyl (C=O) groups is 1. The Hall–Kier alpha value is -2.33. The molecular weight excluding hydrogens is 290 g/mol. The van der Waals surface area contributed by atoms with Crippen LogP contribution in [-0.4, -0.2) is 18.6 Å². The Bertz CT molecular complexity index is 636. The highest BCUT2D eigenvalue weighted by atomic mass is 16.5. The zero-order valence-electron chi connectivity index (χ0n) is 13.0. The van der Waals surface area contributed by atoms with Gasteiger partial charge in [-0.2, -0.15) is 0 Å². The van der Waals surface area contributed by atoms with Crippen molar-refractivity contribution >= 4 is 5.91 Å². The monoisotopic (exact) mass is 311 g/mol. The van der Waals surface area contributed by atoms with Crippen LogP contribution in [0.1, 0.15) is 24.0 Å². The number of ether oxygens (including phenoxy) is 2. The van der Waals surface area contributed by atoms with Gasteiger partial charge in [0, 0.05) is 13.2 Å². The molecule has 0 radical (unpaired) electrons. The molecule has 120 valence electrons. The molecule has 0 bridgehead atoms. The number of nitrogens with one attached hydrogen (secondary N) is 1.